The van der Waals surface area contributed by atoms with E-state index < -0.39 is 5.41 Å². The monoisotopic (exact) mass is 439 g/mol. The van der Waals surface area contributed by atoms with Gasteiger partial charge in [-0.05, 0) is 18.2 Å². The minimum Gasteiger partial charge on any atom is -0.495 e. The van der Waals surface area contributed by atoms with Gasteiger partial charge in [-0.1, -0.05) is 55.5 Å². The number of thioether (sulfide) groups is 1. The Morgan fingerprint density at radius 2 is 2.11 bits per heavy atom. The van der Waals surface area contributed by atoms with Gasteiger partial charge in [0.05, 0.1) is 18.6 Å². The summed E-state index contributed by atoms with van der Waals surface area (Å²) < 4.78 is 6.99. The Kier molecular flexibility index (Phi) is 5.92. The smallest absolute Gasteiger partial charge is 0.297 e. The number of carbonyl (C=O) groups excluding carboxylic acids is 1. The highest BCUT2D eigenvalue weighted by atomic mass is 35.5. The molecule has 0 radical (unpaired) electrons. The average molecular weight is 440 g/mol. The molecule has 0 saturated heterocycles. The van der Waals surface area contributed by atoms with Crippen LogP contribution < -0.4 is 15.6 Å². The summed E-state index contributed by atoms with van der Waals surface area (Å²) >= 11 is 8.38. The maximum atomic E-state index is 12.6. The molecule has 0 fully saturated rings. The van der Waals surface area contributed by atoms with Gasteiger partial charge in [-0.15, -0.1) is 15.3 Å². The highest BCUT2D eigenvalue weighted by Crippen LogP contribution is 2.29. The van der Waals surface area contributed by atoms with Crippen LogP contribution in [0.15, 0.2) is 27.3 Å². The number of anilines is 1. The third-order valence-corrected chi connectivity index (χ3v) is 5.91. The molecule has 8 nitrogen and oxygen atoms in total. The van der Waals surface area contributed by atoms with Gasteiger partial charge < -0.3 is 10.1 Å². The van der Waals surface area contributed by atoms with E-state index >= 15 is 0 Å². The van der Waals surface area contributed by atoms with E-state index in [4.69, 9.17) is 16.3 Å². The number of nitrogens with zero attached hydrogens (tertiary/aromatic N) is 4. The molecule has 0 unspecified atom stereocenters. The van der Waals surface area contributed by atoms with E-state index in [1.807, 2.05) is 20.8 Å². The Balaban J connectivity index is 1.73. The number of rotatable bonds is 5. The fraction of sp³-hybridized carbons (Fsp3) is 0.353. The first-order chi connectivity index (χ1) is 13.2. The SMILES string of the molecule is COc1ccc(Cl)cc1NC(=O)CSc1nn2c(=O)c(C(C)(C)C)nnc2s1. The molecule has 0 atom stereocenters. The second kappa shape index (κ2) is 8.06. The third-order valence-electron chi connectivity index (χ3n) is 3.64. The fourth-order valence-corrected chi connectivity index (χ4v) is 4.16. The lowest BCUT2D eigenvalue weighted by Crippen LogP contribution is -2.30. The third kappa shape index (κ3) is 4.45. The fourth-order valence-electron chi connectivity index (χ4n) is 2.32. The van der Waals surface area contributed by atoms with Gasteiger partial charge in [0.15, 0.2) is 4.34 Å². The summed E-state index contributed by atoms with van der Waals surface area (Å²) in [7, 11) is 1.51. The van der Waals surface area contributed by atoms with E-state index in [2.05, 4.69) is 20.6 Å². The molecule has 0 bridgehead atoms. The largest absolute Gasteiger partial charge is 0.495 e. The Hall–Kier alpha value is -2.17. The molecular weight excluding hydrogens is 422 g/mol. The first-order valence-corrected chi connectivity index (χ1v) is 10.4. The van der Waals surface area contributed by atoms with Crippen LogP contribution in [0.2, 0.25) is 5.02 Å². The molecule has 28 heavy (non-hydrogen) atoms. The van der Waals surface area contributed by atoms with Crippen molar-refractivity contribution < 1.29 is 9.53 Å². The number of halogens is 1. The lowest BCUT2D eigenvalue weighted by Gasteiger charge is -2.14. The number of aromatic nitrogens is 4. The number of fused-ring (bicyclic) bond motifs is 1. The van der Waals surface area contributed by atoms with Crippen molar-refractivity contribution in [2.24, 2.45) is 0 Å². The molecule has 3 rings (SSSR count). The van der Waals surface area contributed by atoms with Gasteiger partial charge in [0.1, 0.15) is 11.4 Å². The molecule has 1 amide bonds. The summed E-state index contributed by atoms with van der Waals surface area (Å²) in [5.74, 6) is 0.363. The molecule has 2 aromatic heterocycles. The minimum absolute atomic E-state index is 0.101. The molecule has 0 spiro atoms. The van der Waals surface area contributed by atoms with Crippen molar-refractivity contribution in [2.75, 3.05) is 18.2 Å². The highest BCUT2D eigenvalue weighted by Gasteiger charge is 2.23. The van der Waals surface area contributed by atoms with E-state index in [0.717, 1.165) is 0 Å². The zero-order valence-corrected chi connectivity index (χ0v) is 18.0. The lowest BCUT2D eigenvalue weighted by molar-refractivity contribution is -0.113. The molecule has 0 saturated carbocycles. The molecule has 3 aromatic rings. The minimum atomic E-state index is -0.432. The number of ether oxygens (including phenoxy) is 1. The van der Waals surface area contributed by atoms with Crippen molar-refractivity contribution in [2.45, 2.75) is 30.5 Å². The first kappa shape index (κ1) is 20.6. The van der Waals surface area contributed by atoms with Crippen molar-refractivity contribution in [1.29, 1.82) is 0 Å². The predicted molar refractivity (Wildman–Crippen MR) is 111 cm³/mol. The topological polar surface area (TPSA) is 98.5 Å². The molecule has 0 aliphatic carbocycles. The Labute approximate surface area is 174 Å². The molecule has 0 aliphatic rings. The van der Waals surface area contributed by atoms with Gasteiger partial charge in [0.2, 0.25) is 10.9 Å². The van der Waals surface area contributed by atoms with Crippen LogP contribution in [0.25, 0.3) is 4.96 Å². The number of nitrogens with one attached hydrogen (secondary N) is 1. The molecule has 2 heterocycles. The van der Waals surface area contributed by atoms with E-state index in [1.165, 1.54) is 34.7 Å². The zero-order valence-electron chi connectivity index (χ0n) is 15.6. The van der Waals surface area contributed by atoms with Crippen LogP contribution in [0.1, 0.15) is 26.5 Å². The van der Waals surface area contributed by atoms with Crippen LogP contribution in [-0.2, 0) is 10.2 Å². The standard InChI is InChI=1S/C17H18ClN5O3S2/c1-17(2,3)13-14(25)23-15(21-20-13)28-16(22-23)27-8-12(24)19-10-7-9(18)5-6-11(10)26-4/h5-7H,8H2,1-4H3,(H,19,24). The Bertz CT molecular complexity index is 1090. The number of carbonyl (C=O) groups is 1. The van der Waals surface area contributed by atoms with E-state index in [1.54, 1.807) is 18.2 Å². The second-order valence-corrected chi connectivity index (χ2v) is 9.46. The summed E-state index contributed by atoms with van der Waals surface area (Å²) in [6, 6.07) is 4.97. The van der Waals surface area contributed by atoms with Crippen LogP contribution in [0.5, 0.6) is 5.75 Å². The quantitative estimate of drug-likeness (QED) is 0.609. The molecule has 148 valence electrons. The van der Waals surface area contributed by atoms with Gasteiger partial charge >= 0.3 is 0 Å². The van der Waals surface area contributed by atoms with Crippen molar-refractivity contribution in [3.05, 3.63) is 39.3 Å². The summed E-state index contributed by atoms with van der Waals surface area (Å²) in [5, 5.41) is 15.6. The molecular formula is C17H18ClN5O3S2. The van der Waals surface area contributed by atoms with Crippen LogP contribution in [0.4, 0.5) is 5.69 Å². The van der Waals surface area contributed by atoms with Crippen molar-refractivity contribution in [3.63, 3.8) is 0 Å². The maximum Gasteiger partial charge on any atom is 0.297 e. The van der Waals surface area contributed by atoms with Gasteiger partial charge in [0, 0.05) is 10.4 Å². The van der Waals surface area contributed by atoms with Gasteiger partial charge in [-0.3, -0.25) is 9.59 Å². The van der Waals surface area contributed by atoms with Crippen LogP contribution >= 0.6 is 34.7 Å². The van der Waals surface area contributed by atoms with Crippen LogP contribution in [-0.4, -0.2) is 38.6 Å². The Morgan fingerprint density at radius 1 is 1.36 bits per heavy atom. The highest BCUT2D eigenvalue weighted by molar-refractivity contribution is 8.01. The van der Waals surface area contributed by atoms with Crippen LogP contribution in [0.3, 0.4) is 0 Å². The maximum absolute atomic E-state index is 12.6. The van der Waals surface area contributed by atoms with Crippen molar-refractivity contribution in [1.82, 2.24) is 19.8 Å². The number of hydrogen-bond acceptors (Lipinski definition) is 8. The molecule has 1 aromatic carbocycles. The van der Waals surface area contributed by atoms with Gasteiger partial charge in [-0.2, -0.15) is 4.52 Å². The first-order valence-electron chi connectivity index (χ1n) is 8.22. The summed E-state index contributed by atoms with van der Waals surface area (Å²) in [6.07, 6.45) is 0. The Morgan fingerprint density at radius 3 is 2.79 bits per heavy atom. The van der Waals surface area contributed by atoms with Crippen LogP contribution in [0, 0.1) is 0 Å². The number of amides is 1. The van der Waals surface area contributed by atoms with Crippen molar-refractivity contribution >= 4 is 51.3 Å². The van der Waals surface area contributed by atoms with Crippen molar-refractivity contribution in [3.8, 4) is 5.75 Å². The average Bonchev–Trinajstić information content (AvgIpc) is 3.03. The summed E-state index contributed by atoms with van der Waals surface area (Å²) in [5.41, 5.74) is 0.103. The number of hydrogen-bond donors (Lipinski definition) is 1. The lowest BCUT2D eigenvalue weighted by atomic mass is 9.93. The summed E-state index contributed by atoms with van der Waals surface area (Å²) in [4.78, 5) is 25.2. The summed E-state index contributed by atoms with van der Waals surface area (Å²) in [6.45, 7) is 5.67. The van der Waals surface area contributed by atoms with E-state index in [0.29, 0.717) is 31.5 Å². The molecule has 0 aliphatic heterocycles. The molecule has 11 heteroatoms. The normalized spacial score (nSPS) is 11.6. The second-order valence-electron chi connectivity index (χ2n) is 6.85. The number of benzene rings is 1. The zero-order chi connectivity index (χ0) is 20.5. The van der Waals surface area contributed by atoms with Gasteiger partial charge in [0.25, 0.3) is 5.56 Å². The predicted octanol–water partition coefficient (Wildman–Crippen LogP) is 3.24. The van der Waals surface area contributed by atoms with Gasteiger partial charge in [-0.25, -0.2) is 0 Å². The van der Waals surface area contributed by atoms with E-state index in [9.17, 15) is 9.59 Å². The number of methoxy groups -OCH3 is 1. The van der Waals surface area contributed by atoms with E-state index in [-0.39, 0.29) is 17.2 Å². The molecule has 1 N–H and O–H groups in total.